The molecule has 16 heterocycles. The van der Waals surface area contributed by atoms with Crippen molar-refractivity contribution in [2.75, 3.05) is 26.4 Å². The molecule has 5 N–H and O–H groups in total. The van der Waals surface area contributed by atoms with E-state index in [1.807, 2.05) is 34.6 Å². The van der Waals surface area contributed by atoms with Gasteiger partial charge < -0.3 is 101 Å². The SMILES string of the molecule is C.C.C.C.C=CCC1(O)C[C@@]2(C)[C@@H](C[C@@H]3O[C@@]34C(=O)[C@@]3(C(C)C)O[C@H]3[C@@H]3O[C@]324)C2=C1C(=O)OC2.C=CCC1(O)C[C@@]2(C)[C@@H](C[C@@H]3O[C@@]34C(O)(CC=C)[C@@]3(C(C)C)O[C@H]3[C@@H]3O[C@]324)C2=C1C(=O)OC2.C=C[CH2-].CC(C)[C@]12O[C@H]1[C@@H]1O[C@@]13[C@@]1(C)CC(=O)C4=C(COC4=O)[C@@H]1C[C@@H]1O[C@@]13C2=O.CC(C)[C@]12O[C@H]1[C@@H]1O[C@]13[C@]1(O[C@H]1C[C@H]1C4=C(C(=O)OC4)[C@@H](O)C[C@@]13C)[C@@H]2O.[Li+]. The van der Waals surface area contributed by atoms with Gasteiger partial charge in [-0.05, 0) is 134 Å². The number of cyclic esters (lactones) is 4. The van der Waals surface area contributed by atoms with Gasteiger partial charge in [0.05, 0.1) is 47.2 Å². The largest absolute Gasteiger partial charge is 1.00 e. The molecule has 8 saturated carbocycles. The second kappa shape index (κ2) is 25.3. The Morgan fingerprint density at radius 1 is 0.432 bits per heavy atom. The number of rotatable bonds is 10. The molecule has 28 rings (SSSR count). The van der Waals surface area contributed by atoms with Gasteiger partial charge in [0.15, 0.2) is 39.4 Å². The van der Waals surface area contributed by atoms with Gasteiger partial charge in [-0.2, -0.15) is 0 Å². The number of allylic oxidation sites excluding steroid dienone is 1. The molecule has 0 radical (unpaired) electrons. The predicted molar refractivity (Wildman–Crippen MR) is 435 cm³/mol. The Balaban J connectivity index is 0.000000107. The molecule has 676 valence electrons. The first-order valence-electron chi connectivity index (χ1n) is 43.8. The molecule has 12 aliphatic carbocycles. The van der Waals surface area contributed by atoms with Crippen LogP contribution in [0.3, 0.4) is 0 Å². The van der Waals surface area contributed by atoms with Gasteiger partial charge in [0, 0.05) is 28.1 Å². The average molecular weight is 1730 g/mol. The number of hydrogen-bond donors (Lipinski definition) is 5. The van der Waals surface area contributed by atoms with Crippen LogP contribution in [0.25, 0.3) is 0 Å². The molecule has 29 heteroatoms. The molecule has 0 aromatic rings. The maximum atomic E-state index is 13.8. The summed E-state index contributed by atoms with van der Waals surface area (Å²) in [5, 5.41) is 58.3. The van der Waals surface area contributed by atoms with E-state index in [0.717, 1.165) is 22.3 Å². The van der Waals surface area contributed by atoms with Crippen LogP contribution in [0.1, 0.15) is 183 Å². The van der Waals surface area contributed by atoms with Gasteiger partial charge >= 0.3 is 42.7 Å². The Labute approximate surface area is 741 Å². The van der Waals surface area contributed by atoms with E-state index in [1.165, 1.54) is 6.08 Å². The average Bonchev–Trinajstić information content (AvgIpc) is 1.39. The normalized spacial score (nSPS) is 56.2. The quantitative estimate of drug-likeness (QED) is 0.0387. The summed E-state index contributed by atoms with van der Waals surface area (Å²) in [6, 6.07) is 0. The van der Waals surface area contributed by atoms with Crippen molar-refractivity contribution in [2.24, 2.45) is 69.0 Å². The third kappa shape index (κ3) is 8.70. The van der Waals surface area contributed by atoms with E-state index in [2.05, 4.69) is 81.7 Å². The summed E-state index contributed by atoms with van der Waals surface area (Å²) in [4.78, 5) is 89.8. The van der Waals surface area contributed by atoms with Crippen LogP contribution >= 0.6 is 0 Å². The molecule has 8 spiro atoms. The van der Waals surface area contributed by atoms with Gasteiger partial charge in [-0.25, -0.2) is 38.8 Å². The zero-order valence-electron chi connectivity index (χ0n) is 70.8. The van der Waals surface area contributed by atoms with Gasteiger partial charge in [0.1, 0.15) is 137 Å². The standard InChI is InChI=1S/C26H32O7.C23H26O7.C20H24O7.C20H20O7.C3H5.4CH4.Li/c1-6-8-22(28)12-21(5)15(14-11-30-20(27)17(14)22)10-16-25(31-16)23(29,9-7-2)24(13(3)4)18(32-24)19-26(21,25)33-19;1-5-6-20(26)9-19(4)12(11-8-27-17(24)14(11)20)7-13-22(28-13)18(25)21(10(2)3)15(29-21)16-23(19,22)30-16;2*1-7(2)18-13(26-18)14-20(27-14)17(3)5-10(21)12-8(6-24-15(12)22)9(17)4-11-19(20,25-11)16(18)23;1-3-2;;;;;/h6-7,13,15-16,18-19,28-29H,1-2,8-12H2,3-5H3;5,10,12-13,15-16,26H,1,6-9H2,2-4H3;7,9-11,13-14,16,21,23H,4-6H2,1-3H3;7,9,11,13-14H,4-6H2,1-3H3;3H,1-2H2;4*1H4;/q;;;;-1;;;;;+1/t15-,16-,18-,19-,21-,22?,23?,24-,25+,26+;12-,13-,15-,16-,19-,20?,21-,22+,23+;9-,10-,11-,13-,14-,16+,17-,18-,19+,20+;9-,11-,13-,14-,17-,18-,19+,20+;;;;;;/m0000....../s1. The summed E-state index contributed by atoms with van der Waals surface area (Å²) >= 11 is 0. The number of carbonyl (C=O) groups excluding carboxylic acids is 7. The number of hydrogen-bond acceptors (Lipinski definition) is 28. The molecule has 16 aliphatic heterocycles. The fourth-order valence-corrected chi connectivity index (χ4v) is 32.7. The van der Waals surface area contributed by atoms with E-state index in [0.29, 0.717) is 68.1 Å². The summed E-state index contributed by atoms with van der Waals surface area (Å²) in [7, 11) is 0. The Bertz CT molecular complexity index is 5140. The van der Waals surface area contributed by atoms with Crippen molar-refractivity contribution in [1.82, 2.24) is 0 Å². The number of ketones is 3. The van der Waals surface area contributed by atoms with Crippen LogP contribution in [0, 0.1) is 75.9 Å². The maximum absolute atomic E-state index is 13.8. The van der Waals surface area contributed by atoms with E-state index in [4.69, 9.17) is 75.8 Å². The van der Waals surface area contributed by atoms with Crippen molar-refractivity contribution >= 4 is 41.2 Å². The van der Waals surface area contributed by atoms with E-state index in [9.17, 15) is 59.1 Å². The second-order valence-electron chi connectivity index (χ2n) is 42.7. The Morgan fingerprint density at radius 3 is 1.38 bits per heavy atom. The first-order valence-corrected chi connectivity index (χ1v) is 43.8. The van der Waals surface area contributed by atoms with Crippen LogP contribution in [-0.2, 0) is 109 Å². The third-order valence-electron chi connectivity index (χ3n) is 37.6. The zero-order chi connectivity index (χ0) is 84.6. The molecule has 20 fully saturated rings. The maximum Gasteiger partial charge on any atom is 1.00 e. The molecular weight excluding hydrogens is 1610 g/mol. The number of esters is 4. The van der Waals surface area contributed by atoms with Gasteiger partial charge in [0.25, 0.3) is 0 Å². The van der Waals surface area contributed by atoms with Crippen molar-refractivity contribution in [3.8, 4) is 0 Å². The van der Waals surface area contributed by atoms with Gasteiger partial charge in [-0.3, -0.25) is 14.4 Å². The molecular formula is C96H123LiO28. The number of aliphatic hydroxyl groups is 5. The summed E-state index contributed by atoms with van der Waals surface area (Å²) in [6.07, 6.45) is 7.00. The molecule has 0 bridgehead atoms. The van der Waals surface area contributed by atoms with Crippen molar-refractivity contribution < 1.29 is 154 Å². The van der Waals surface area contributed by atoms with Crippen LogP contribution in [0.4, 0.5) is 0 Å². The van der Waals surface area contributed by atoms with Crippen LogP contribution in [-0.4, -0.2) is 263 Å². The zero-order valence-corrected chi connectivity index (χ0v) is 70.8. The van der Waals surface area contributed by atoms with E-state index >= 15 is 0 Å². The third-order valence-corrected chi connectivity index (χ3v) is 37.6. The number of fused-ring (bicyclic) bond motifs is 16. The minimum absolute atomic E-state index is 0. The van der Waals surface area contributed by atoms with Crippen molar-refractivity contribution in [3.63, 3.8) is 0 Å². The molecule has 28 aliphatic rings. The number of aliphatic hydroxyl groups excluding tert-OH is 2. The molecule has 0 aromatic carbocycles. The summed E-state index contributed by atoms with van der Waals surface area (Å²) in [6.45, 7) is 43.5. The number of epoxide rings is 12. The first kappa shape index (κ1) is 88.8. The van der Waals surface area contributed by atoms with E-state index in [1.54, 1.807) is 18.2 Å². The molecule has 37 atom stereocenters. The van der Waals surface area contributed by atoms with Gasteiger partial charge in [-0.1, -0.05) is 131 Å². The van der Waals surface area contributed by atoms with Gasteiger partial charge in [0.2, 0.25) is 11.6 Å². The molecule has 125 heavy (non-hydrogen) atoms. The Morgan fingerprint density at radius 2 is 0.864 bits per heavy atom. The number of Topliss-reactive ketones (excluding diaryl/α,β-unsaturated/α-hetero) is 3. The van der Waals surface area contributed by atoms with Crippen molar-refractivity contribution in [1.29, 1.82) is 0 Å². The molecule has 0 aromatic heterocycles. The molecule has 12 saturated heterocycles. The minimum Gasteiger partial charge on any atom is -0.458 e. The van der Waals surface area contributed by atoms with E-state index < -0.39 is 142 Å². The minimum atomic E-state index is -1.39. The predicted octanol–water partition coefficient (Wildman–Crippen LogP) is 4.31. The molecule has 28 nitrogen and oxygen atoms in total. The summed E-state index contributed by atoms with van der Waals surface area (Å²) in [5.41, 5.74) is -11.3. The number of carbonyl (C=O) groups is 7. The first-order chi connectivity index (χ1) is 56.6. The van der Waals surface area contributed by atoms with Crippen molar-refractivity contribution in [3.05, 3.63) is 102 Å². The number of ether oxygens (including phenoxy) is 16. The smallest absolute Gasteiger partial charge is 0.458 e. The van der Waals surface area contributed by atoms with Crippen LogP contribution < -0.4 is 18.9 Å². The Hall–Kier alpha value is -5.40. The van der Waals surface area contributed by atoms with E-state index in [-0.39, 0.29) is 238 Å². The van der Waals surface area contributed by atoms with Crippen LogP contribution in [0.5, 0.6) is 0 Å². The topological polar surface area (TPSA) is 408 Å². The summed E-state index contributed by atoms with van der Waals surface area (Å²) in [5.74, 6) is -1.76. The van der Waals surface area contributed by atoms with Crippen molar-refractivity contribution in [2.45, 2.75) is 353 Å². The fraction of sp³-hybridized carbons (Fsp3) is 0.750. The summed E-state index contributed by atoms with van der Waals surface area (Å²) < 4.78 is 97.0. The monoisotopic (exact) mass is 1730 g/mol. The van der Waals surface area contributed by atoms with Gasteiger partial charge in [-0.15, -0.1) is 19.7 Å². The van der Waals surface area contributed by atoms with Crippen LogP contribution in [0.2, 0.25) is 0 Å². The second-order valence-corrected chi connectivity index (χ2v) is 42.7. The Kier molecular flexibility index (Phi) is 18.0. The van der Waals surface area contributed by atoms with Crippen LogP contribution in [0.15, 0.2) is 95.2 Å². The molecule has 3 unspecified atom stereocenters. The molecule has 0 amide bonds. The fourth-order valence-electron chi connectivity index (χ4n) is 32.7.